The summed E-state index contributed by atoms with van der Waals surface area (Å²) < 4.78 is 31.7. The molecule has 1 heterocycles. The highest BCUT2D eigenvalue weighted by atomic mass is 19.1. The number of benzene rings is 1. The van der Waals surface area contributed by atoms with Gasteiger partial charge in [0.2, 0.25) is 0 Å². The van der Waals surface area contributed by atoms with Crippen molar-refractivity contribution >= 4 is 0 Å². The average molecular weight is 224 g/mol. The maximum absolute atomic E-state index is 13.6. The monoisotopic (exact) mass is 224 g/mol. The number of methoxy groups -OCH3 is 1. The normalized spacial score (nSPS) is 10.5. The first-order chi connectivity index (χ1) is 7.61. The standard InChI is InChI=1S/C11H10F2N2O/c1-6-3-10(15-14-6)7-4-9(13)11(16-2)5-8(7)12/h3-5H,1-2H3,(H,14,15). The van der Waals surface area contributed by atoms with Gasteiger partial charge in [-0.3, -0.25) is 5.10 Å². The molecule has 0 saturated heterocycles. The Bertz CT molecular complexity index is 523. The molecule has 16 heavy (non-hydrogen) atoms. The minimum Gasteiger partial charge on any atom is -0.494 e. The predicted octanol–water partition coefficient (Wildman–Crippen LogP) is 2.67. The van der Waals surface area contributed by atoms with Crippen LogP contribution in [0, 0.1) is 18.6 Å². The van der Waals surface area contributed by atoms with Crippen LogP contribution in [0.5, 0.6) is 5.75 Å². The topological polar surface area (TPSA) is 37.9 Å². The van der Waals surface area contributed by atoms with Crippen molar-refractivity contribution in [3.05, 3.63) is 35.5 Å². The Morgan fingerprint density at radius 3 is 2.50 bits per heavy atom. The molecular formula is C11H10F2N2O. The molecule has 0 aliphatic heterocycles. The van der Waals surface area contributed by atoms with Gasteiger partial charge in [0.25, 0.3) is 0 Å². The first kappa shape index (κ1) is 10.6. The van der Waals surface area contributed by atoms with Crippen LogP contribution in [0.1, 0.15) is 5.69 Å². The van der Waals surface area contributed by atoms with E-state index < -0.39 is 11.6 Å². The fourth-order valence-electron chi connectivity index (χ4n) is 1.44. The summed E-state index contributed by atoms with van der Waals surface area (Å²) in [4.78, 5) is 0. The summed E-state index contributed by atoms with van der Waals surface area (Å²) in [5.41, 5.74) is 1.27. The fourth-order valence-corrected chi connectivity index (χ4v) is 1.44. The molecule has 3 nitrogen and oxygen atoms in total. The van der Waals surface area contributed by atoms with Crippen LogP contribution in [0.25, 0.3) is 11.3 Å². The van der Waals surface area contributed by atoms with Crippen molar-refractivity contribution in [2.45, 2.75) is 6.92 Å². The predicted molar refractivity (Wildman–Crippen MR) is 55.2 cm³/mol. The molecule has 0 amide bonds. The molecule has 0 radical (unpaired) electrons. The Kier molecular flexibility index (Phi) is 2.60. The number of H-pyrrole nitrogens is 1. The fraction of sp³-hybridized carbons (Fsp3) is 0.182. The molecule has 0 spiro atoms. The number of aromatic nitrogens is 2. The zero-order chi connectivity index (χ0) is 11.7. The van der Waals surface area contributed by atoms with Gasteiger partial charge in [-0.1, -0.05) is 0 Å². The molecule has 2 aromatic rings. The summed E-state index contributed by atoms with van der Waals surface area (Å²) in [5.74, 6) is -1.29. The number of nitrogens with one attached hydrogen (secondary N) is 1. The molecule has 0 fully saturated rings. The Morgan fingerprint density at radius 1 is 1.19 bits per heavy atom. The molecule has 84 valence electrons. The van der Waals surface area contributed by atoms with E-state index >= 15 is 0 Å². The van der Waals surface area contributed by atoms with E-state index in [4.69, 9.17) is 0 Å². The van der Waals surface area contributed by atoms with Crippen LogP contribution >= 0.6 is 0 Å². The maximum atomic E-state index is 13.6. The van der Waals surface area contributed by atoms with Gasteiger partial charge < -0.3 is 4.74 Å². The lowest BCUT2D eigenvalue weighted by molar-refractivity contribution is 0.383. The molecule has 0 bridgehead atoms. The highest BCUT2D eigenvalue weighted by Crippen LogP contribution is 2.27. The summed E-state index contributed by atoms with van der Waals surface area (Å²) in [6, 6.07) is 3.72. The van der Waals surface area contributed by atoms with E-state index in [0.717, 1.165) is 17.8 Å². The van der Waals surface area contributed by atoms with Crippen molar-refractivity contribution in [3.63, 3.8) is 0 Å². The largest absolute Gasteiger partial charge is 0.494 e. The quantitative estimate of drug-likeness (QED) is 0.851. The van der Waals surface area contributed by atoms with Crippen molar-refractivity contribution in [1.29, 1.82) is 0 Å². The lowest BCUT2D eigenvalue weighted by Crippen LogP contribution is -1.93. The van der Waals surface area contributed by atoms with E-state index in [1.54, 1.807) is 13.0 Å². The van der Waals surface area contributed by atoms with E-state index in [-0.39, 0.29) is 11.3 Å². The second-order valence-electron chi connectivity index (χ2n) is 3.40. The number of nitrogens with zero attached hydrogens (tertiary/aromatic N) is 1. The average Bonchev–Trinajstić information content (AvgIpc) is 2.67. The molecule has 0 aliphatic rings. The third-order valence-electron chi connectivity index (χ3n) is 2.22. The van der Waals surface area contributed by atoms with Crippen molar-refractivity contribution in [1.82, 2.24) is 10.2 Å². The number of halogens is 2. The Labute approximate surface area is 91.1 Å². The molecule has 0 atom stereocenters. The van der Waals surface area contributed by atoms with E-state index in [1.165, 1.54) is 7.11 Å². The summed E-state index contributed by atoms with van der Waals surface area (Å²) in [7, 11) is 1.29. The van der Waals surface area contributed by atoms with Crippen LogP contribution < -0.4 is 4.74 Å². The highest BCUT2D eigenvalue weighted by Gasteiger charge is 2.13. The van der Waals surface area contributed by atoms with Crippen LogP contribution in [-0.2, 0) is 0 Å². The third-order valence-corrected chi connectivity index (χ3v) is 2.22. The van der Waals surface area contributed by atoms with Crippen LogP contribution in [0.15, 0.2) is 18.2 Å². The van der Waals surface area contributed by atoms with Gasteiger partial charge in [0.15, 0.2) is 11.6 Å². The van der Waals surface area contributed by atoms with Crippen molar-refractivity contribution in [3.8, 4) is 17.0 Å². The van der Waals surface area contributed by atoms with Crippen LogP contribution in [0.2, 0.25) is 0 Å². The zero-order valence-electron chi connectivity index (χ0n) is 8.84. The maximum Gasteiger partial charge on any atom is 0.165 e. The minimum absolute atomic E-state index is 0.114. The van der Waals surface area contributed by atoms with E-state index in [1.807, 2.05) is 0 Å². The molecule has 2 rings (SSSR count). The van der Waals surface area contributed by atoms with Gasteiger partial charge in [0, 0.05) is 17.3 Å². The molecule has 1 N–H and O–H groups in total. The minimum atomic E-state index is -0.612. The molecule has 5 heteroatoms. The van der Waals surface area contributed by atoms with Gasteiger partial charge in [0.05, 0.1) is 12.8 Å². The van der Waals surface area contributed by atoms with E-state index in [0.29, 0.717) is 5.69 Å². The van der Waals surface area contributed by atoms with Gasteiger partial charge in [-0.2, -0.15) is 5.10 Å². The zero-order valence-corrected chi connectivity index (χ0v) is 8.84. The van der Waals surface area contributed by atoms with Crippen molar-refractivity contribution in [2.24, 2.45) is 0 Å². The Balaban J connectivity index is 2.54. The van der Waals surface area contributed by atoms with Gasteiger partial charge in [-0.15, -0.1) is 0 Å². The summed E-state index contributed by atoms with van der Waals surface area (Å²) in [6.45, 7) is 1.79. The number of hydrogen-bond donors (Lipinski definition) is 1. The number of aromatic amines is 1. The highest BCUT2D eigenvalue weighted by molar-refractivity contribution is 5.61. The van der Waals surface area contributed by atoms with Crippen molar-refractivity contribution < 1.29 is 13.5 Å². The van der Waals surface area contributed by atoms with Gasteiger partial charge >= 0.3 is 0 Å². The summed E-state index contributed by atoms with van der Waals surface area (Å²) in [5, 5.41) is 6.54. The molecule has 0 unspecified atom stereocenters. The van der Waals surface area contributed by atoms with E-state index in [9.17, 15) is 8.78 Å². The molecule has 0 aliphatic carbocycles. The van der Waals surface area contributed by atoms with Crippen molar-refractivity contribution in [2.75, 3.05) is 7.11 Å². The smallest absolute Gasteiger partial charge is 0.165 e. The van der Waals surface area contributed by atoms with Gasteiger partial charge in [-0.05, 0) is 19.1 Å². The first-order valence-corrected chi connectivity index (χ1v) is 4.67. The van der Waals surface area contributed by atoms with E-state index in [2.05, 4.69) is 14.9 Å². The molecule has 1 aromatic heterocycles. The lowest BCUT2D eigenvalue weighted by atomic mass is 10.1. The number of rotatable bonds is 2. The molecule has 1 aromatic carbocycles. The number of aryl methyl sites for hydroxylation is 1. The van der Waals surface area contributed by atoms with Crippen LogP contribution in [0.3, 0.4) is 0 Å². The first-order valence-electron chi connectivity index (χ1n) is 4.67. The second kappa shape index (κ2) is 3.92. The van der Waals surface area contributed by atoms with Gasteiger partial charge in [-0.25, -0.2) is 8.78 Å². The Hall–Kier alpha value is -1.91. The summed E-state index contributed by atoms with van der Waals surface area (Å²) in [6.07, 6.45) is 0. The number of ether oxygens (including phenoxy) is 1. The van der Waals surface area contributed by atoms with Crippen LogP contribution in [-0.4, -0.2) is 17.3 Å². The molecular weight excluding hydrogens is 214 g/mol. The second-order valence-corrected chi connectivity index (χ2v) is 3.40. The van der Waals surface area contributed by atoms with Crippen LogP contribution in [0.4, 0.5) is 8.78 Å². The Morgan fingerprint density at radius 2 is 1.94 bits per heavy atom. The summed E-state index contributed by atoms with van der Waals surface area (Å²) >= 11 is 0. The van der Waals surface area contributed by atoms with Gasteiger partial charge in [0.1, 0.15) is 5.82 Å². The number of hydrogen-bond acceptors (Lipinski definition) is 2. The lowest BCUT2D eigenvalue weighted by Gasteiger charge is -2.04. The third kappa shape index (κ3) is 1.76. The SMILES string of the molecule is COc1cc(F)c(-c2cc(C)[nH]n2)cc1F. The molecule has 0 saturated carbocycles.